The summed E-state index contributed by atoms with van der Waals surface area (Å²) < 4.78 is 13.7. The van der Waals surface area contributed by atoms with E-state index in [1.54, 1.807) is 0 Å². The van der Waals surface area contributed by atoms with Crippen molar-refractivity contribution in [1.82, 2.24) is 5.32 Å². The maximum Gasteiger partial charge on any atom is 0.251 e. The van der Waals surface area contributed by atoms with Crippen LogP contribution in [0.15, 0.2) is 53.0 Å². The Morgan fingerprint density at radius 3 is 2.42 bits per heavy atom. The summed E-state index contributed by atoms with van der Waals surface area (Å²) in [6.45, 7) is 1.90. The lowest BCUT2D eigenvalue weighted by Gasteiger charge is -2.15. The van der Waals surface area contributed by atoms with Crippen LogP contribution in [0.1, 0.15) is 28.9 Å². The van der Waals surface area contributed by atoms with Crippen LogP contribution < -0.4 is 5.32 Å². The lowest BCUT2D eigenvalue weighted by Crippen LogP contribution is -2.26. The largest absolute Gasteiger partial charge is 0.345 e. The number of amides is 1. The fourth-order valence-electron chi connectivity index (χ4n) is 1.79. The van der Waals surface area contributed by atoms with Crippen molar-refractivity contribution in [2.24, 2.45) is 0 Å². The first-order valence-corrected chi connectivity index (χ1v) is 6.68. The van der Waals surface area contributed by atoms with E-state index in [4.69, 9.17) is 0 Å². The van der Waals surface area contributed by atoms with Gasteiger partial charge >= 0.3 is 0 Å². The van der Waals surface area contributed by atoms with Crippen molar-refractivity contribution in [3.05, 3.63) is 69.9 Å². The second-order valence-corrected chi connectivity index (χ2v) is 5.08. The molecule has 0 aliphatic rings. The maximum atomic E-state index is 12.8. The van der Waals surface area contributed by atoms with Gasteiger partial charge in [-0.15, -0.1) is 0 Å². The van der Waals surface area contributed by atoms with Gasteiger partial charge in [0.15, 0.2) is 0 Å². The molecule has 1 amide bonds. The smallest absolute Gasteiger partial charge is 0.251 e. The molecule has 1 N–H and O–H groups in total. The van der Waals surface area contributed by atoms with E-state index in [1.807, 2.05) is 31.2 Å². The summed E-state index contributed by atoms with van der Waals surface area (Å²) in [7, 11) is 0. The van der Waals surface area contributed by atoms with Gasteiger partial charge < -0.3 is 5.32 Å². The van der Waals surface area contributed by atoms with E-state index < -0.39 is 0 Å². The van der Waals surface area contributed by atoms with E-state index in [1.165, 1.54) is 24.3 Å². The van der Waals surface area contributed by atoms with Crippen LogP contribution in [0.2, 0.25) is 0 Å². The molecule has 98 valence electrons. The Kier molecular flexibility index (Phi) is 4.32. The Bertz CT molecular complexity index is 583. The highest BCUT2D eigenvalue weighted by atomic mass is 79.9. The van der Waals surface area contributed by atoms with Crippen LogP contribution in [-0.4, -0.2) is 5.91 Å². The summed E-state index contributed by atoms with van der Waals surface area (Å²) in [6, 6.07) is 13.1. The Morgan fingerprint density at radius 2 is 1.79 bits per heavy atom. The average Bonchev–Trinajstić information content (AvgIpc) is 2.39. The minimum atomic E-state index is -0.351. The second kappa shape index (κ2) is 5.97. The number of benzene rings is 2. The molecule has 2 aromatic rings. The molecule has 1 atom stereocenters. The fourth-order valence-corrected chi connectivity index (χ4v) is 2.41. The first-order chi connectivity index (χ1) is 9.08. The molecule has 0 unspecified atom stereocenters. The van der Waals surface area contributed by atoms with Crippen LogP contribution in [0, 0.1) is 5.82 Å². The van der Waals surface area contributed by atoms with E-state index in [-0.39, 0.29) is 17.8 Å². The van der Waals surface area contributed by atoms with Crippen LogP contribution in [0.4, 0.5) is 4.39 Å². The van der Waals surface area contributed by atoms with Crippen LogP contribution in [-0.2, 0) is 0 Å². The fraction of sp³-hybridized carbons (Fsp3) is 0.133. The zero-order valence-electron chi connectivity index (χ0n) is 10.4. The monoisotopic (exact) mass is 321 g/mol. The number of hydrogen-bond acceptors (Lipinski definition) is 1. The van der Waals surface area contributed by atoms with Gasteiger partial charge in [-0.05, 0) is 42.8 Å². The molecule has 2 nitrogen and oxygen atoms in total. The number of carbonyl (C=O) groups is 1. The Balaban J connectivity index is 2.11. The van der Waals surface area contributed by atoms with Crippen molar-refractivity contribution in [3.63, 3.8) is 0 Å². The topological polar surface area (TPSA) is 29.1 Å². The molecular weight excluding hydrogens is 309 g/mol. The predicted octanol–water partition coefficient (Wildman–Crippen LogP) is 4.08. The molecule has 0 spiro atoms. The second-order valence-electron chi connectivity index (χ2n) is 4.22. The minimum Gasteiger partial charge on any atom is -0.345 e. The highest BCUT2D eigenvalue weighted by Crippen LogP contribution is 2.22. The number of hydrogen-bond donors (Lipinski definition) is 1. The molecule has 0 fully saturated rings. The summed E-state index contributed by atoms with van der Waals surface area (Å²) in [4.78, 5) is 12.0. The van der Waals surface area contributed by atoms with Gasteiger partial charge in [-0.2, -0.15) is 0 Å². The quantitative estimate of drug-likeness (QED) is 0.906. The molecular formula is C15H13BrFNO. The summed E-state index contributed by atoms with van der Waals surface area (Å²) in [5.41, 5.74) is 1.44. The molecule has 0 saturated heterocycles. The standard InChI is InChI=1S/C15H13BrFNO/c1-10(13-4-2-3-5-14(13)16)18-15(19)11-6-8-12(17)9-7-11/h2-10H,1H3,(H,18,19)/t10-/m1/s1. The van der Waals surface area contributed by atoms with Gasteiger partial charge in [-0.1, -0.05) is 34.1 Å². The summed E-state index contributed by atoms with van der Waals surface area (Å²) in [5, 5.41) is 2.88. The third-order valence-corrected chi connectivity index (χ3v) is 3.55. The molecule has 2 rings (SSSR count). The van der Waals surface area contributed by atoms with Gasteiger partial charge in [-0.25, -0.2) is 4.39 Å². The van der Waals surface area contributed by atoms with Crippen molar-refractivity contribution >= 4 is 21.8 Å². The van der Waals surface area contributed by atoms with Gasteiger partial charge in [0, 0.05) is 10.0 Å². The first kappa shape index (κ1) is 13.7. The molecule has 2 aromatic carbocycles. The average molecular weight is 322 g/mol. The van der Waals surface area contributed by atoms with Gasteiger partial charge in [0.2, 0.25) is 0 Å². The zero-order chi connectivity index (χ0) is 13.8. The van der Waals surface area contributed by atoms with E-state index in [2.05, 4.69) is 21.2 Å². The van der Waals surface area contributed by atoms with Crippen molar-refractivity contribution in [3.8, 4) is 0 Å². The SMILES string of the molecule is C[C@@H](NC(=O)c1ccc(F)cc1)c1ccccc1Br. The highest BCUT2D eigenvalue weighted by molar-refractivity contribution is 9.10. The van der Waals surface area contributed by atoms with Crippen molar-refractivity contribution < 1.29 is 9.18 Å². The van der Waals surface area contributed by atoms with E-state index in [9.17, 15) is 9.18 Å². The first-order valence-electron chi connectivity index (χ1n) is 5.89. The summed E-state index contributed by atoms with van der Waals surface area (Å²) in [6.07, 6.45) is 0. The molecule has 0 saturated carbocycles. The van der Waals surface area contributed by atoms with Crippen LogP contribution in [0.25, 0.3) is 0 Å². The Labute approximate surface area is 119 Å². The summed E-state index contributed by atoms with van der Waals surface area (Å²) in [5.74, 6) is -0.571. The minimum absolute atomic E-state index is 0.131. The third-order valence-electron chi connectivity index (χ3n) is 2.83. The van der Waals surface area contributed by atoms with Crippen molar-refractivity contribution in [1.29, 1.82) is 0 Å². The molecule has 4 heteroatoms. The Morgan fingerprint density at radius 1 is 1.16 bits per heavy atom. The maximum absolute atomic E-state index is 12.8. The number of rotatable bonds is 3. The highest BCUT2D eigenvalue weighted by Gasteiger charge is 2.13. The molecule has 0 aliphatic carbocycles. The number of carbonyl (C=O) groups excluding carboxylic acids is 1. The van der Waals surface area contributed by atoms with E-state index in [0.717, 1.165) is 10.0 Å². The molecule has 0 aliphatic heterocycles. The number of halogens is 2. The van der Waals surface area contributed by atoms with Crippen molar-refractivity contribution in [2.45, 2.75) is 13.0 Å². The lowest BCUT2D eigenvalue weighted by molar-refractivity contribution is 0.0939. The molecule has 19 heavy (non-hydrogen) atoms. The van der Waals surface area contributed by atoms with Crippen LogP contribution in [0.3, 0.4) is 0 Å². The van der Waals surface area contributed by atoms with E-state index in [0.29, 0.717) is 5.56 Å². The third kappa shape index (κ3) is 3.41. The van der Waals surface area contributed by atoms with Crippen molar-refractivity contribution in [2.75, 3.05) is 0 Å². The Hall–Kier alpha value is -1.68. The molecule has 0 radical (unpaired) electrons. The van der Waals surface area contributed by atoms with Gasteiger partial charge in [0.25, 0.3) is 5.91 Å². The molecule has 0 heterocycles. The zero-order valence-corrected chi connectivity index (χ0v) is 11.9. The molecule has 0 bridgehead atoms. The number of nitrogens with one attached hydrogen (secondary N) is 1. The molecule has 0 aromatic heterocycles. The van der Waals surface area contributed by atoms with Gasteiger partial charge in [-0.3, -0.25) is 4.79 Å². The normalized spacial score (nSPS) is 11.9. The van der Waals surface area contributed by atoms with E-state index >= 15 is 0 Å². The summed E-state index contributed by atoms with van der Waals surface area (Å²) >= 11 is 3.45. The van der Waals surface area contributed by atoms with Gasteiger partial charge in [0.1, 0.15) is 5.82 Å². The van der Waals surface area contributed by atoms with Gasteiger partial charge in [0.05, 0.1) is 6.04 Å². The lowest BCUT2D eigenvalue weighted by atomic mass is 10.1. The van der Waals surface area contributed by atoms with Crippen LogP contribution >= 0.6 is 15.9 Å². The predicted molar refractivity (Wildman–Crippen MR) is 76.4 cm³/mol. The van der Waals surface area contributed by atoms with Crippen LogP contribution in [0.5, 0.6) is 0 Å².